The van der Waals surface area contributed by atoms with Gasteiger partial charge in [-0.15, -0.1) is 0 Å². The maximum absolute atomic E-state index is 12.8. The van der Waals surface area contributed by atoms with Gasteiger partial charge in [0.25, 0.3) is 5.91 Å². The number of carbonyl (C=O) groups is 2. The molecule has 0 radical (unpaired) electrons. The summed E-state index contributed by atoms with van der Waals surface area (Å²) in [5, 5.41) is 3.28. The molecule has 3 rings (SSSR count). The number of amides is 2. The summed E-state index contributed by atoms with van der Waals surface area (Å²) >= 11 is 3.41. The number of hydrogen-bond donors (Lipinski definition) is 1. The Kier molecular flexibility index (Phi) is 4.45. The van der Waals surface area contributed by atoms with Crippen LogP contribution in [0.25, 0.3) is 0 Å². The number of rotatable bonds is 3. The Hall–Kier alpha value is -2.14. The lowest BCUT2D eigenvalue weighted by molar-refractivity contribution is -0.121. The molecule has 0 aromatic heterocycles. The van der Waals surface area contributed by atoms with E-state index in [0.717, 1.165) is 21.3 Å². The van der Waals surface area contributed by atoms with Crippen molar-refractivity contribution in [3.63, 3.8) is 0 Å². The molecule has 1 heterocycles. The highest BCUT2D eigenvalue weighted by atomic mass is 79.9. The third-order valence-electron chi connectivity index (χ3n) is 4.24. The molecule has 1 aliphatic rings. The van der Waals surface area contributed by atoms with Crippen LogP contribution >= 0.6 is 15.9 Å². The van der Waals surface area contributed by atoms with E-state index in [4.69, 9.17) is 0 Å². The second-order valence-corrected chi connectivity index (χ2v) is 7.05. The molecule has 1 atom stereocenters. The van der Waals surface area contributed by atoms with Gasteiger partial charge >= 0.3 is 0 Å². The molecule has 1 aliphatic heterocycles. The zero-order chi connectivity index (χ0) is 17.4. The molecule has 0 aliphatic carbocycles. The van der Waals surface area contributed by atoms with Crippen molar-refractivity contribution in [3.05, 3.63) is 57.6 Å². The van der Waals surface area contributed by atoms with E-state index in [1.54, 1.807) is 6.07 Å². The highest BCUT2D eigenvalue weighted by Gasteiger charge is 2.40. The second-order valence-electron chi connectivity index (χ2n) is 6.19. The Morgan fingerprint density at radius 1 is 1.08 bits per heavy atom. The maximum atomic E-state index is 12.8. The van der Waals surface area contributed by atoms with E-state index < -0.39 is 6.04 Å². The van der Waals surface area contributed by atoms with Crippen molar-refractivity contribution in [3.8, 4) is 0 Å². The lowest BCUT2D eigenvalue weighted by Crippen LogP contribution is -2.35. The fraction of sp³-hybridized carbons (Fsp3) is 0.263. The van der Waals surface area contributed by atoms with Crippen molar-refractivity contribution in [1.82, 2.24) is 0 Å². The van der Waals surface area contributed by atoms with Crippen LogP contribution in [-0.4, -0.2) is 17.9 Å². The predicted octanol–water partition coefficient (Wildman–Crippen LogP) is 4.12. The topological polar surface area (TPSA) is 49.4 Å². The molecule has 0 unspecified atom stereocenters. The van der Waals surface area contributed by atoms with Gasteiger partial charge in [0.15, 0.2) is 0 Å². The summed E-state index contributed by atoms with van der Waals surface area (Å²) in [6.07, 6.45) is 0.160. The van der Waals surface area contributed by atoms with E-state index in [9.17, 15) is 9.59 Å². The van der Waals surface area contributed by atoms with Crippen LogP contribution in [0.15, 0.2) is 40.9 Å². The first-order valence-corrected chi connectivity index (χ1v) is 8.63. The standard InChI is InChI=1S/C19H19BrN2O2/c1-11-8-12(2)18(13(3)9-11)21-15-10-17(23)22(19(15)24)16-7-5-4-6-14(16)20/h4-9,15,21H,10H2,1-3H3/t15-/m1/s1. The van der Waals surface area contributed by atoms with Gasteiger partial charge in [-0.1, -0.05) is 29.8 Å². The van der Waals surface area contributed by atoms with E-state index in [1.165, 1.54) is 10.5 Å². The summed E-state index contributed by atoms with van der Waals surface area (Å²) in [5.74, 6) is -0.405. The van der Waals surface area contributed by atoms with Gasteiger partial charge in [-0.25, -0.2) is 4.90 Å². The van der Waals surface area contributed by atoms with Gasteiger partial charge in [-0.3, -0.25) is 9.59 Å². The highest BCUT2D eigenvalue weighted by Crippen LogP contribution is 2.32. The number of carbonyl (C=O) groups excluding carboxylic acids is 2. The average molecular weight is 387 g/mol. The molecule has 4 nitrogen and oxygen atoms in total. The molecule has 2 aromatic carbocycles. The fourth-order valence-corrected chi connectivity index (χ4v) is 3.67. The minimum Gasteiger partial charge on any atom is -0.373 e. The van der Waals surface area contributed by atoms with Crippen LogP contribution in [0, 0.1) is 20.8 Å². The monoisotopic (exact) mass is 386 g/mol. The summed E-state index contributed by atoms with van der Waals surface area (Å²) in [6.45, 7) is 6.06. The third-order valence-corrected chi connectivity index (χ3v) is 4.91. The van der Waals surface area contributed by atoms with Crippen LogP contribution in [0.1, 0.15) is 23.1 Å². The Balaban J connectivity index is 1.89. The zero-order valence-electron chi connectivity index (χ0n) is 13.9. The van der Waals surface area contributed by atoms with Crippen molar-refractivity contribution in [2.24, 2.45) is 0 Å². The van der Waals surface area contributed by atoms with Crippen LogP contribution in [0.2, 0.25) is 0 Å². The Morgan fingerprint density at radius 3 is 2.33 bits per heavy atom. The quantitative estimate of drug-likeness (QED) is 0.807. The van der Waals surface area contributed by atoms with Gasteiger partial charge in [0.2, 0.25) is 5.91 Å². The lowest BCUT2D eigenvalue weighted by atomic mass is 10.0. The predicted molar refractivity (Wildman–Crippen MR) is 99.3 cm³/mol. The molecule has 5 heteroatoms. The van der Waals surface area contributed by atoms with E-state index >= 15 is 0 Å². The molecule has 1 N–H and O–H groups in total. The Bertz CT molecular complexity index is 809. The summed E-state index contributed by atoms with van der Waals surface area (Å²) in [5.41, 5.74) is 4.85. The van der Waals surface area contributed by atoms with E-state index in [-0.39, 0.29) is 18.2 Å². The normalized spacial score (nSPS) is 17.5. The number of imide groups is 1. The van der Waals surface area contributed by atoms with Crippen molar-refractivity contribution in [1.29, 1.82) is 0 Å². The molecule has 24 heavy (non-hydrogen) atoms. The molecule has 0 spiro atoms. The van der Waals surface area contributed by atoms with Crippen LogP contribution in [0.5, 0.6) is 0 Å². The number of benzene rings is 2. The second kappa shape index (κ2) is 6.40. The maximum Gasteiger partial charge on any atom is 0.256 e. The molecular formula is C19H19BrN2O2. The van der Waals surface area contributed by atoms with E-state index in [1.807, 2.05) is 39.0 Å². The van der Waals surface area contributed by atoms with Crippen LogP contribution in [-0.2, 0) is 9.59 Å². The molecule has 124 valence electrons. The summed E-state index contributed by atoms with van der Waals surface area (Å²) in [6, 6.07) is 10.9. The Morgan fingerprint density at radius 2 is 1.71 bits per heavy atom. The molecule has 0 bridgehead atoms. The van der Waals surface area contributed by atoms with Crippen molar-refractivity contribution >= 4 is 39.1 Å². The van der Waals surface area contributed by atoms with Gasteiger partial charge in [-0.2, -0.15) is 0 Å². The molecular weight excluding hydrogens is 368 g/mol. The average Bonchev–Trinajstić information content (AvgIpc) is 2.78. The van der Waals surface area contributed by atoms with Crippen molar-refractivity contribution in [2.75, 3.05) is 10.2 Å². The number of anilines is 2. The van der Waals surface area contributed by atoms with Crippen molar-refractivity contribution < 1.29 is 9.59 Å². The lowest BCUT2D eigenvalue weighted by Gasteiger charge is -2.19. The molecule has 1 saturated heterocycles. The molecule has 1 fully saturated rings. The Labute approximate surface area is 150 Å². The third kappa shape index (κ3) is 2.96. The largest absolute Gasteiger partial charge is 0.373 e. The number of aryl methyl sites for hydroxylation is 3. The van der Waals surface area contributed by atoms with Crippen molar-refractivity contribution in [2.45, 2.75) is 33.2 Å². The molecule has 0 saturated carbocycles. The number of hydrogen-bond acceptors (Lipinski definition) is 3. The van der Waals surface area contributed by atoms with Gasteiger partial charge in [0.1, 0.15) is 6.04 Å². The van der Waals surface area contributed by atoms with Gasteiger partial charge < -0.3 is 5.32 Å². The minimum absolute atomic E-state index is 0.160. The number of nitrogens with one attached hydrogen (secondary N) is 1. The zero-order valence-corrected chi connectivity index (χ0v) is 15.5. The van der Waals surface area contributed by atoms with Gasteiger partial charge in [0, 0.05) is 10.2 Å². The van der Waals surface area contributed by atoms with Crippen LogP contribution in [0.3, 0.4) is 0 Å². The number of halogens is 1. The first kappa shape index (κ1) is 16.7. The highest BCUT2D eigenvalue weighted by molar-refractivity contribution is 9.10. The number of para-hydroxylation sites is 1. The first-order valence-electron chi connectivity index (χ1n) is 7.84. The molecule has 2 aromatic rings. The molecule has 2 amide bonds. The smallest absolute Gasteiger partial charge is 0.256 e. The van der Waals surface area contributed by atoms with Gasteiger partial charge in [0.05, 0.1) is 12.1 Å². The van der Waals surface area contributed by atoms with Crippen LogP contribution in [0.4, 0.5) is 11.4 Å². The fourth-order valence-electron chi connectivity index (χ4n) is 3.21. The number of nitrogens with zero attached hydrogens (tertiary/aromatic N) is 1. The van der Waals surface area contributed by atoms with Crippen LogP contribution < -0.4 is 10.2 Å². The summed E-state index contributed by atoms with van der Waals surface area (Å²) in [4.78, 5) is 26.5. The minimum atomic E-state index is -0.537. The van der Waals surface area contributed by atoms with E-state index in [2.05, 4.69) is 33.4 Å². The summed E-state index contributed by atoms with van der Waals surface area (Å²) < 4.78 is 0.732. The van der Waals surface area contributed by atoms with Gasteiger partial charge in [-0.05, 0) is 60.0 Å². The van der Waals surface area contributed by atoms with E-state index in [0.29, 0.717) is 5.69 Å². The first-order chi connectivity index (χ1) is 11.4. The summed E-state index contributed by atoms with van der Waals surface area (Å²) in [7, 11) is 0. The SMILES string of the molecule is Cc1cc(C)c(N[C@@H]2CC(=O)N(c3ccccc3Br)C2=O)c(C)c1.